The van der Waals surface area contributed by atoms with E-state index in [0.717, 1.165) is 70.6 Å². The van der Waals surface area contributed by atoms with Crippen LogP contribution in [0.25, 0.3) is 0 Å². The van der Waals surface area contributed by atoms with Gasteiger partial charge in [-0.2, -0.15) is 0 Å². The van der Waals surface area contributed by atoms with E-state index in [1.807, 2.05) is 0 Å². The van der Waals surface area contributed by atoms with Gasteiger partial charge < -0.3 is 14.2 Å². The molecule has 0 aromatic carbocycles. The van der Waals surface area contributed by atoms with Crippen LogP contribution < -0.4 is 0 Å². The molecule has 0 heterocycles. The highest BCUT2D eigenvalue weighted by Gasteiger charge is 2.19. The van der Waals surface area contributed by atoms with Gasteiger partial charge in [-0.05, 0) is 83.5 Å². The zero-order valence-electron chi connectivity index (χ0n) is 52.5. The molecule has 0 fully saturated rings. The van der Waals surface area contributed by atoms with E-state index < -0.39 is 6.10 Å². The smallest absolute Gasteiger partial charge is 0.306 e. The lowest BCUT2D eigenvalue weighted by molar-refractivity contribution is -0.167. The van der Waals surface area contributed by atoms with E-state index in [1.54, 1.807) is 0 Å². The minimum absolute atomic E-state index is 0.0696. The fraction of sp³-hybridized carbons (Fsp3) is 0.847. The molecular formula is C72H132O6. The molecule has 6 nitrogen and oxygen atoms in total. The average molecular weight is 1090 g/mol. The molecule has 0 saturated heterocycles. The first-order chi connectivity index (χ1) is 38.5. The summed E-state index contributed by atoms with van der Waals surface area (Å²) in [5, 5.41) is 0. The number of carbonyl (C=O) groups is 3. The summed E-state index contributed by atoms with van der Waals surface area (Å²) in [7, 11) is 0. The Balaban J connectivity index is 4.11. The second kappa shape index (κ2) is 66.9. The fourth-order valence-electron chi connectivity index (χ4n) is 10.3. The molecule has 0 bridgehead atoms. The van der Waals surface area contributed by atoms with Gasteiger partial charge in [0.05, 0.1) is 0 Å². The first-order valence-electron chi connectivity index (χ1n) is 34.6. The summed E-state index contributed by atoms with van der Waals surface area (Å²) in [5.74, 6) is -0.854. The van der Waals surface area contributed by atoms with Crippen molar-refractivity contribution in [1.29, 1.82) is 0 Å². The molecule has 1 unspecified atom stereocenters. The SMILES string of the molecule is CCCCCCC/C=C\C/C=C\C/C=C\CCCCCCCCCCCCCCC(=O)OCC(COC(=O)CCCCCCCCCC)OC(=O)CCCCCCCCCCCCCCC/C=C\CCCCCCCCCC. The third-order valence-electron chi connectivity index (χ3n) is 15.6. The van der Waals surface area contributed by atoms with Gasteiger partial charge in [0, 0.05) is 19.3 Å². The molecule has 0 N–H and O–H groups in total. The Hall–Kier alpha value is -2.63. The molecule has 0 spiro atoms. The van der Waals surface area contributed by atoms with E-state index in [2.05, 4.69) is 69.4 Å². The molecule has 0 saturated carbocycles. The summed E-state index contributed by atoms with van der Waals surface area (Å²) in [6.45, 7) is 6.65. The van der Waals surface area contributed by atoms with Gasteiger partial charge in [-0.15, -0.1) is 0 Å². The maximum atomic E-state index is 12.9. The van der Waals surface area contributed by atoms with Crippen molar-refractivity contribution in [1.82, 2.24) is 0 Å². The zero-order chi connectivity index (χ0) is 56.4. The van der Waals surface area contributed by atoms with Crippen LogP contribution in [0.1, 0.15) is 374 Å². The molecule has 78 heavy (non-hydrogen) atoms. The molecule has 0 aromatic heterocycles. The van der Waals surface area contributed by atoms with Crippen molar-refractivity contribution in [2.75, 3.05) is 13.2 Å². The summed E-state index contributed by atoms with van der Waals surface area (Å²) >= 11 is 0. The van der Waals surface area contributed by atoms with Gasteiger partial charge in [0.1, 0.15) is 13.2 Å². The molecule has 0 aromatic rings. The quantitative estimate of drug-likeness (QED) is 0.0261. The number of hydrogen-bond acceptors (Lipinski definition) is 6. The van der Waals surface area contributed by atoms with Gasteiger partial charge in [0.2, 0.25) is 0 Å². The topological polar surface area (TPSA) is 78.9 Å². The second-order valence-corrected chi connectivity index (χ2v) is 23.4. The first-order valence-corrected chi connectivity index (χ1v) is 34.6. The average Bonchev–Trinajstić information content (AvgIpc) is 3.44. The normalized spacial score (nSPS) is 12.3. The Bertz CT molecular complexity index is 1350. The molecule has 456 valence electrons. The monoisotopic (exact) mass is 1090 g/mol. The number of esters is 3. The number of allylic oxidation sites excluding steroid dienone is 8. The highest BCUT2D eigenvalue weighted by atomic mass is 16.6. The summed E-state index contributed by atoms with van der Waals surface area (Å²) in [6, 6.07) is 0. The van der Waals surface area contributed by atoms with Crippen LogP contribution in [-0.2, 0) is 28.6 Å². The van der Waals surface area contributed by atoms with E-state index in [0.29, 0.717) is 19.3 Å². The molecule has 0 rings (SSSR count). The van der Waals surface area contributed by atoms with Crippen molar-refractivity contribution in [2.24, 2.45) is 0 Å². The van der Waals surface area contributed by atoms with E-state index in [4.69, 9.17) is 14.2 Å². The van der Waals surface area contributed by atoms with Gasteiger partial charge in [0.15, 0.2) is 6.10 Å². The van der Waals surface area contributed by atoms with Gasteiger partial charge in [0.25, 0.3) is 0 Å². The van der Waals surface area contributed by atoms with Crippen molar-refractivity contribution in [3.8, 4) is 0 Å². The van der Waals surface area contributed by atoms with Crippen LogP contribution in [-0.4, -0.2) is 37.2 Å². The largest absolute Gasteiger partial charge is 0.462 e. The number of carbonyl (C=O) groups excluding carboxylic acids is 3. The Morgan fingerprint density at radius 1 is 0.256 bits per heavy atom. The highest BCUT2D eigenvalue weighted by molar-refractivity contribution is 5.71. The maximum Gasteiger partial charge on any atom is 0.306 e. The molecule has 0 aliphatic heterocycles. The Labute approximate surface area is 486 Å². The lowest BCUT2D eigenvalue weighted by atomic mass is 10.0. The molecule has 0 aliphatic carbocycles. The Kier molecular flexibility index (Phi) is 64.6. The van der Waals surface area contributed by atoms with Crippen LogP contribution in [0.2, 0.25) is 0 Å². The van der Waals surface area contributed by atoms with Crippen LogP contribution >= 0.6 is 0 Å². The molecule has 6 heteroatoms. The summed E-state index contributed by atoms with van der Waals surface area (Å²) in [6.07, 6.45) is 84.4. The lowest BCUT2D eigenvalue weighted by Gasteiger charge is -2.18. The summed E-state index contributed by atoms with van der Waals surface area (Å²) in [5.41, 5.74) is 0. The molecule has 0 radical (unpaired) electrons. The molecule has 1 atom stereocenters. The van der Waals surface area contributed by atoms with Crippen molar-refractivity contribution in [3.63, 3.8) is 0 Å². The fourth-order valence-corrected chi connectivity index (χ4v) is 10.3. The van der Waals surface area contributed by atoms with Crippen molar-refractivity contribution < 1.29 is 28.6 Å². The van der Waals surface area contributed by atoms with Crippen LogP contribution in [0.15, 0.2) is 48.6 Å². The van der Waals surface area contributed by atoms with Crippen LogP contribution in [0.5, 0.6) is 0 Å². The van der Waals surface area contributed by atoms with E-state index in [1.165, 1.54) is 263 Å². The highest BCUT2D eigenvalue weighted by Crippen LogP contribution is 2.18. The minimum atomic E-state index is -0.771. The van der Waals surface area contributed by atoms with E-state index in [9.17, 15) is 14.4 Å². The van der Waals surface area contributed by atoms with Crippen LogP contribution in [0.4, 0.5) is 0 Å². The van der Waals surface area contributed by atoms with Crippen LogP contribution in [0, 0.1) is 0 Å². The van der Waals surface area contributed by atoms with Gasteiger partial charge in [-0.25, -0.2) is 0 Å². The van der Waals surface area contributed by atoms with Crippen molar-refractivity contribution >= 4 is 17.9 Å². The Morgan fingerprint density at radius 2 is 0.462 bits per heavy atom. The van der Waals surface area contributed by atoms with Crippen molar-refractivity contribution in [2.45, 2.75) is 380 Å². The predicted octanol–water partition coefficient (Wildman–Crippen LogP) is 23.7. The van der Waals surface area contributed by atoms with Gasteiger partial charge in [-0.1, -0.05) is 320 Å². The van der Waals surface area contributed by atoms with E-state index >= 15 is 0 Å². The third kappa shape index (κ3) is 64.2. The van der Waals surface area contributed by atoms with Crippen LogP contribution in [0.3, 0.4) is 0 Å². The van der Waals surface area contributed by atoms with Gasteiger partial charge >= 0.3 is 17.9 Å². The number of ether oxygens (including phenoxy) is 3. The summed E-state index contributed by atoms with van der Waals surface area (Å²) in [4.78, 5) is 38.2. The lowest BCUT2D eigenvalue weighted by Crippen LogP contribution is -2.30. The number of hydrogen-bond donors (Lipinski definition) is 0. The first kappa shape index (κ1) is 75.4. The number of unbranched alkanes of at least 4 members (excludes halogenated alkanes) is 45. The summed E-state index contributed by atoms with van der Waals surface area (Å²) < 4.78 is 16.9. The predicted molar refractivity (Wildman–Crippen MR) is 339 cm³/mol. The maximum absolute atomic E-state index is 12.9. The zero-order valence-corrected chi connectivity index (χ0v) is 52.5. The van der Waals surface area contributed by atoms with E-state index in [-0.39, 0.29) is 31.1 Å². The Morgan fingerprint density at radius 3 is 0.731 bits per heavy atom. The molecule has 0 aliphatic rings. The second-order valence-electron chi connectivity index (χ2n) is 23.4. The standard InChI is InChI=1S/C72H132O6/c1-4-7-10-13-16-19-21-23-25-27-29-31-33-35-36-38-39-41-43-45-47-49-51-53-56-59-62-65-71(74)77-68-69(67-76-70(73)64-61-58-55-18-15-12-9-6-3)78-72(75)66-63-60-57-54-52-50-48-46-44-42-40-37-34-32-30-28-26-24-22-20-17-14-11-8-5-2/h21,23,27-30,33,35,69H,4-20,22,24-26,31-32,34,36-68H2,1-3H3/b23-21-,29-27-,30-28-,35-33-. The van der Waals surface area contributed by atoms with Gasteiger partial charge in [-0.3, -0.25) is 14.4 Å². The number of rotatable bonds is 64. The van der Waals surface area contributed by atoms with Crippen molar-refractivity contribution in [3.05, 3.63) is 48.6 Å². The molecule has 0 amide bonds. The molecular weight excluding hydrogens is 961 g/mol. The minimum Gasteiger partial charge on any atom is -0.462 e. The third-order valence-corrected chi connectivity index (χ3v) is 15.6.